The molecule has 0 fully saturated rings. The number of hydrogen-bond acceptors (Lipinski definition) is 2. The van der Waals surface area contributed by atoms with Crippen LogP contribution in [0, 0.1) is 13.8 Å². The largest absolute Gasteiger partial charge is 0.326 e. The van der Waals surface area contributed by atoms with Crippen molar-refractivity contribution in [3.63, 3.8) is 0 Å². The molecule has 0 aromatic heterocycles. The Morgan fingerprint density at radius 2 is 2.00 bits per heavy atom. The van der Waals surface area contributed by atoms with Crippen LogP contribution in [0.3, 0.4) is 0 Å². The number of nitrogens with one attached hydrogen (secondary N) is 1. The van der Waals surface area contributed by atoms with Crippen LogP contribution < -0.4 is 11.1 Å². The molecule has 1 aliphatic rings. The van der Waals surface area contributed by atoms with Gasteiger partial charge in [0.2, 0.25) is 5.91 Å². The van der Waals surface area contributed by atoms with Gasteiger partial charge in [-0.2, -0.15) is 0 Å². The van der Waals surface area contributed by atoms with E-state index in [4.69, 9.17) is 5.73 Å². The number of aryl methyl sites for hydroxylation is 1. The van der Waals surface area contributed by atoms with Gasteiger partial charge >= 0.3 is 0 Å². The summed E-state index contributed by atoms with van der Waals surface area (Å²) in [6.07, 6.45) is 0.447. The van der Waals surface area contributed by atoms with Crippen LogP contribution in [0.2, 0.25) is 0 Å². The van der Waals surface area contributed by atoms with Gasteiger partial charge in [0, 0.05) is 5.69 Å². The first-order valence-electron chi connectivity index (χ1n) is 6.80. The number of fused-ring (bicyclic) bond motifs is 1. The van der Waals surface area contributed by atoms with Crippen molar-refractivity contribution in [3.05, 3.63) is 64.2 Å². The average molecular weight is 266 g/mol. The molecule has 2 aromatic rings. The van der Waals surface area contributed by atoms with Crippen molar-refractivity contribution < 1.29 is 4.79 Å². The summed E-state index contributed by atoms with van der Waals surface area (Å²) in [6, 6.07) is 12.0. The third-order valence-electron chi connectivity index (χ3n) is 4.10. The minimum atomic E-state index is -0.157. The summed E-state index contributed by atoms with van der Waals surface area (Å²) in [4.78, 5) is 11.4. The van der Waals surface area contributed by atoms with Crippen molar-refractivity contribution >= 4 is 11.6 Å². The van der Waals surface area contributed by atoms with Gasteiger partial charge in [0.25, 0.3) is 0 Å². The molecule has 0 saturated carbocycles. The molecule has 1 unspecified atom stereocenters. The van der Waals surface area contributed by atoms with Crippen LogP contribution in [0.5, 0.6) is 0 Å². The van der Waals surface area contributed by atoms with E-state index in [2.05, 4.69) is 31.3 Å². The average Bonchev–Trinajstić information content (AvgIpc) is 2.80. The number of carbonyl (C=O) groups is 1. The van der Waals surface area contributed by atoms with E-state index in [1.54, 1.807) is 0 Å². The molecular weight excluding hydrogens is 248 g/mol. The molecule has 1 aliphatic heterocycles. The Morgan fingerprint density at radius 1 is 1.20 bits per heavy atom. The Hall–Kier alpha value is -2.13. The Bertz CT molecular complexity index is 691. The highest BCUT2D eigenvalue weighted by Crippen LogP contribution is 2.29. The lowest BCUT2D eigenvalue weighted by atomic mass is 9.92. The van der Waals surface area contributed by atoms with Gasteiger partial charge in [-0.15, -0.1) is 0 Å². The third kappa shape index (κ3) is 2.10. The summed E-state index contributed by atoms with van der Waals surface area (Å²) in [5.41, 5.74) is 13.0. The molecule has 3 N–H and O–H groups in total. The molecule has 1 atom stereocenters. The van der Waals surface area contributed by atoms with E-state index in [1.807, 2.05) is 24.3 Å². The smallest absolute Gasteiger partial charge is 0.228 e. The van der Waals surface area contributed by atoms with Crippen LogP contribution in [0.25, 0.3) is 0 Å². The maximum absolute atomic E-state index is 11.4. The molecule has 0 spiro atoms. The minimum Gasteiger partial charge on any atom is -0.326 e. The Morgan fingerprint density at radius 3 is 2.80 bits per heavy atom. The fourth-order valence-corrected chi connectivity index (χ4v) is 2.73. The summed E-state index contributed by atoms with van der Waals surface area (Å²) in [5.74, 6) is 0.0532. The van der Waals surface area contributed by atoms with Crippen molar-refractivity contribution in [2.75, 3.05) is 5.32 Å². The number of nitrogens with two attached hydrogens (primary N) is 1. The summed E-state index contributed by atoms with van der Waals surface area (Å²) < 4.78 is 0. The third-order valence-corrected chi connectivity index (χ3v) is 4.10. The minimum absolute atomic E-state index is 0.0532. The summed E-state index contributed by atoms with van der Waals surface area (Å²) >= 11 is 0. The highest BCUT2D eigenvalue weighted by Gasteiger charge is 2.20. The second-order valence-electron chi connectivity index (χ2n) is 5.41. The van der Waals surface area contributed by atoms with Gasteiger partial charge in [-0.3, -0.25) is 4.79 Å². The van der Waals surface area contributed by atoms with E-state index in [1.165, 1.54) is 11.1 Å². The molecule has 1 amide bonds. The fourth-order valence-electron chi connectivity index (χ4n) is 2.73. The highest BCUT2D eigenvalue weighted by atomic mass is 16.1. The van der Waals surface area contributed by atoms with Crippen molar-refractivity contribution in [2.24, 2.45) is 5.73 Å². The van der Waals surface area contributed by atoms with Crippen molar-refractivity contribution in [3.8, 4) is 0 Å². The van der Waals surface area contributed by atoms with E-state index in [0.717, 1.165) is 22.4 Å². The second-order valence-corrected chi connectivity index (χ2v) is 5.41. The predicted octanol–water partition coefficient (Wildman–Crippen LogP) is 2.85. The zero-order valence-corrected chi connectivity index (χ0v) is 11.7. The molecule has 0 saturated heterocycles. The number of rotatable bonds is 2. The number of benzene rings is 2. The number of carbonyl (C=O) groups excluding carboxylic acids is 1. The van der Waals surface area contributed by atoms with Crippen molar-refractivity contribution in [2.45, 2.75) is 26.3 Å². The second kappa shape index (κ2) is 4.76. The lowest BCUT2D eigenvalue weighted by Crippen LogP contribution is -2.14. The van der Waals surface area contributed by atoms with Crippen LogP contribution >= 0.6 is 0 Å². The summed E-state index contributed by atoms with van der Waals surface area (Å²) in [5, 5.41) is 2.84. The predicted molar refractivity (Wildman–Crippen MR) is 80.7 cm³/mol. The van der Waals surface area contributed by atoms with Gasteiger partial charge in [0.1, 0.15) is 0 Å². The van der Waals surface area contributed by atoms with E-state index in [-0.39, 0.29) is 11.9 Å². The van der Waals surface area contributed by atoms with Crippen LogP contribution in [-0.4, -0.2) is 5.91 Å². The zero-order valence-electron chi connectivity index (χ0n) is 11.7. The molecule has 102 valence electrons. The van der Waals surface area contributed by atoms with Gasteiger partial charge in [0.15, 0.2) is 0 Å². The normalized spacial score (nSPS) is 14.8. The van der Waals surface area contributed by atoms with Gasteiger partial charge < -0.3 is 11.1 Å². The molecule has 0 radical (unpaired) electrons. The Balaban J connectivity index is 1.99. The lowest BCUT2D eigenvalue weighted by molar-refractivity contribution is -0.115. The van der Waals surface area contributed by atoms with Crippen LogP contribution in [0.15, 0.2) is 36.4 Å². The number of hydrogen-bond donors (Lipinski definition) is 2. The van der Waals surface area contributed by atoms with Crippen molar-refractivity contribution in [1.82, 2.24) is 0 Å². The van der Waals surface area contributed by atoms with Gasteiger partial charge in [-0.25, -0.2) is 0 Å². The topological polar surface area (TPSA) is 55.1 Å². The molecule has 3 heteroatoms. The molecule has 0 bridgehead atoms. The summed E-state index contributed by atoms with van der Waals surface area (Å²) in [6.45, 7) is 4.19. The quantitative estimate of drug-likeness (QED) is 0.878. The first kappa shape index (κ1) is 12.9. The molecule has 2 aromatic carbocycles. The standard InChI is InChI=1S/C17H18N2O/c1-10-4-3-5-14(11(10)2)17(18)12-6-7-15-13(8-12)9-16(20)19-15/h3-8,17H,9,18H2,1-2H3,(H,19,20). The van der Waals surface area contributed by atoms with E-state index in [9.17, 15) is 4.79 Å². The molecule has 1 heterocycles. The monoisotopic (exact) mass is 266 g/mol. The highest BCUT2D eigenvalue weighted by molar-refractivity contribution is 5.99. The lowest BCUT2D eigenvalue weighted by Gasteiger charge is -2.17. The molecule has 3 rings (SSSR count). The van der Waals surface area contributed by atoms with Gasteiger partial charge in [0.05, 0.1) is 12.5 Å². The maximum Gasteiger partial charge on any atom is 0.228 e. The maximum atomic E-state index is 11.4. The van der Waals surface area contributed by atoms with E-state index >= 15 is 0 Å². The Kier molecular flexibility index (Phi) is 3.07. The zero-order chi connectivity index (χ0) is 14.3. The molecule has 3 nitrogen and oxygen atoms in total. The molecule has 0 aliphatic carbocycles. The van der Waals surface area contributed by atoms with E-state index < -0.39 is 0 Å². The Labute approximate surface area is 118 Å². The van der Waals surface area contributed by atoms with Gasteiger partial charge in [-0.05, 0) is 47.7 Å². The van der Waals surface area contributed by atoms with E-state index in [0.29, 0.717) is 6.42 Å². The van der Waals surface area contributed by atoms with Crippen molar-refractivity contribution in [1.29, 1.82) is 0 Å². The SMILES string of the molecule is Cc1cccc(C(N)c2ccc3c(c2)CC(=O)N3)c1C. The molecular formula is C17H18N2O. The van der Waals surface area contributed by atoms with Gasteiger partial charge in [-0.1, -0.05) is 30.3 Å². The number of anilines is 1. The fraction of sp³-hybridized carbons (Fsp3) is 0.235. The summed E-state index contributed by atoms with van der Waals surface area (Å²) in [7, 11) is 0. The van der Waals surface area contributed by atoms with Crippen LogP contribution in [0.4, 0.5) is 5.69 Å². The first-order valence-corrected chi connectivity index (χ1v) is 6.80. The van der Waals surface area contributed by atoms with Crippen LogP contribution in [-0.2, 0) is 11.2 Å². The number of amides is 1. The first-order chi connectivity index (χ1) is 9.56. The van der Waals surface area contributed by atoms with Crippen LogP contribution in [0.1, 0.15) is 33.9 Å². The molecule has 20 heavy (non-hydrogen) atoms.